The van der Waals surface area contributed by atoms with Crippen LogP contribution in [0.4, 0.5) is 4.79 Å². The van der Waals surface area contributed by atoms with E-state index in [-0.39, 0.29) is 12.1 Å². The number of hydrogen-bond donors (Lipinski definition) is 1. The Labute approximate surface area is 122 Å². The molecule has 0 bridgehead atoms. The molecule has 1 aliphatic rings. The SMILES string of the molecule is CC#CCN1CCO[C@@H]([C@H](C)NC(=O)OC(C)(C)C)C1. The minimum atomic E-state index is -0.486. The molecule has 1 fully saturated rings. The van der Waals surface area contributed by atoms with Crippen LogP contribution in [0.15, 0.2) is 0 Å². The first-order valence-electron chi connectivity index (χ1n) is 7.05. The fraction of sp³-hybridized carbons (Fsp3) is 0.800. The number of nitrogens with zero attached hydrogens (tertiary/aromatic N) is 1. The average molecular weight is 282 g/mol. The number of alkyl carbamates (subject to hydrolysis) is 1. The summed E-state index contributed by atoms with van der Waals surface area (Å²) in [6.07, 6.45) is -0.436. The Morgan fingerprint density at radius 1 is 1.55 bits per heavy atom. The van der Waals surface area contributed by atoms with Gasteiger partial charge in [0.25, 0.3) is 0 Å². The van der Waals surface area contributed by atoms with Crippen LogP contribution in [0.3, 0.4) is 0 Å². The van der Waals surface area contributed by atoms with Gasteiger partial charge in [-0.3, -0.25) is 4.90 Å². The second-order valence-electron chi connectivity index (χ2n) is 6.01. The molecular weight excluding hydrogens is 256 g/mol. The Balaban J connectivity index is 2.43. The molecule has 0 aromatic carbocycles. The van der Waals surface area contributed by atoms with Gasteiger partial charge in [0.15, 0.2) is 0 Å². The smallest absolute Gasteiger partial charge is 0.407 e. The molecule has 0 unspecified atom stereocenters. The summed E-state index contributed by atoms with van der Waals surface area (Å²) in [7, 11) is 0. The molecule has 0 aromatic heterocycles. The lowest BCUT2D eigenvalue weighted by molar-refractivity contribution is -0.0410. The van der Waals surface area contributed by atoms with E-state index in [9.17, 15) is 4.79 Å². The topological polar surface area (TPSA) is 50.8 Å². The van der Waals surface area contributed by atoms with Crippen LogP contribution in [-0.2, 0) is 9.47 Å². The van der Waals surface area contributed by atoms with Crippen molar-refractivity contribution in [3.05, 3.63) is 0 Å². The number of ether oxygens (including phenoxy) is 2. The van der Waals surface area contributed by atoms with Gasteiger partial charge in [-0.05, 0) is 34.6 Å². The fourth-order valence-corrected chi connectivity index (χ4v) is 1.95. The normalized spacial score (nSPS) is 21.6. The lowest BCUT2D eigenvalue weighted by Crippen LogP contribution is -2.52. The van der Waals surface area contributed by atoms with Gasteiger partial charge in [-0.1, -0.05) is 5.92 Å². The summed E-state index contributed by atoms with van der Waals surface area (Å²) >= 11 is 0. The Bertz CT molecular complexity index is 379. The van der Waals surface area contributed by atoms with Crippen molar-refractivity contribution in [2.45, 2.75) is 52.4 Å². The maximum absolute atomic E-state index is 11.7. The number of amides is 1. The van der Waals surface area contributed by atoms with E-state index in [1.807, 2.05) is 34.6 Å². The van der Waals surface area contributed by atoms with Crippen LogP contribution in [-0.4, -0.2) is 55.0 Å². The molecule has 1 N–H and O–H groups in total. The van der Waals surface area contributed by atoms with E-state index < -0.39 is 11.7 Å². The van der Waals surface area contributed by atoms with Gasteiger partial charge in [0.2, 0.25) is 0 Å². The second kappa shape index (κ2) is 7.51. The molecule has 1 saturated heterocycles. The zero-order chi connectivity index (χ0) is 15.2. The predicted octanol–water partition coefficient (Wildman–Crippen LogP) is 1.62. The summed E-state index contributed by atoms with van der Waals surface area (Å²) < 4.78 is 11.0. The van der Waals surface area contributed by atoms with Crippen LogP contribution < -0.4 is 5.32 Å². The van der Waals surface area contributed by atoms with Crippen LogP contribution >= 0.6 is 0 Å². The molecule has 0 aliphatic carbocycles. The maximum atomic E-state index is 11.7. The third kappa shape index (κ3) is 6.27. The van der Waals surface area contributed by atoms with Gasteiger partial charge in [-0.15, -0.1) is 5.92 Å². The molecule has 1 aliphatic heterocycles. The highest BCUT2D eigenvalue weighted by molar-refractivity contribution is 5.68. The molecule has 1 rings (SSSR count). The fourth-order valence-electron chi connectivity index (χ4n) is 1.95. The van der Waals surface area contributed by atoms with Crippen molar-refractivity contribution in [1.29, 1.82) is 0 Å². The van der Waals surface area contributed by atoms with Gasteiger partial charge in [0, 0.05) is 13.1 Å². The van der Waals surface area contributed by atoms with Crippen molar-refractivity contribution in [2.24, 2.45) is 0 Å². The van der Waals surface area contributed by atoms with Crippen molar-refractivity contribution in [2.75, 3.05) is 26.2 Å². The number of hydrogen-bond acceptors (Lipinski definition) is 4. The van der Waals surface area contributed by atoms with Crippen LogP contribution in [0.2, 0.25) is 0 Å². The molecule has 114 valence electrons. The average Bonchev–Trinajstić information content (AvgIpc) is 2.34. The first-order chi connectivity index (χ1) is 9.31. The van der Waals surface area contributed by atoms with Crippen LogP contribution in [0.5, 0.6) is 0 Å². The highest BCUT2D eigenvalue weighted by Gasteiger charge is 2.27. The standard InChI is InChI=1S/C15H26N2O3/c1-6-7-8-17-9-10-19-13(11-17)12(2)16-14(18)20-15(3,4)5/h12-13H,8-11H2,1-5H3,(H,16,18)/t12-,13+/m0/s1. The third-order valence-electron chi connectivity index (χ3n) is 2.96. The summed E-state index contributed by atoms with van der Waals surface area (Å²) in [5.74, 6) is 5.95. The second-order valence-corrected chi connectivity index (χ2v) is 6.01. The lowest BCUT2D eigenvalue weighted by Gasteiger charge is -2.35. The van der Waals surface area contributed by atoms with E-state index >= 15 is 0 Å². The summed E-state index contributed by atoms with van der Waals surface area (Å²) in [4.78, 5) is 14.0. The molecule has 0 spiro atoms. The van der Waals surface area contributed by atoms with E-state index in [1.54, 1.807) is 0 Å². The number of carbonyl (C=O) groups excluding carboxylic acids is 1. The summed E-state index contributed by atoms with van der Waals surface area (Å²) in [6.45, 7) is 12.4. The molecule has 1 amide bonds. The summed E-state index contributed by atoms with van der Waals surface area (Å²) in [6, 6.07) is -0.0952. The van der Waals surface area contributed by atoms with Crippen molar-refractivity contribution in [3.63, 3.8) is 0 Å². The number of rotatable bonds is 3. The molecular formula is C15H26N2O3. The van der Waals surface area contributed by atoms with Gasteiger partial charge < -0.3 is 14.8 Å². The van der Waals surface area contributed by atoms with Gasteiger partial charge in [-0.25, -0.2) is 4.79 Å². The third-order valence-corrected chi connectivity index (χ3v) is 2.96. The Morgan fingerprint density at radius 2 is 2.25 bits per heavy atom. The largest absolute Gasteiger partial charge is 0.444 e. The molecule has 0 saturated carbocycles. The zero-order valence-corrected chi connectivity index (χ0v) is 13.2. The van der Waals surface area contributed by atoms with Crippen molar-refractivity contribution >= 4 is 6.09 Å². The summed E-state index contributed by atoms with van der Waals surface area (Å²) in [5, 5.41) is 2.83. The predicted molar refractivity (Wildman–Crippen MR) is 78.5 cm³/mol. The molecule has 5 nitrogen and oxygen atoms in total. The summed E-state index contributed by atoms with van der Waals surface area (Å²) in [5.41, 5.74) is -0.486. The van der Waals surface area contributed by atoms with Gasteiger partial charge in [0.05, 0.1) is 25.3 Å². The van der Waals surface area contributed by atoms with Gasteiger partial charge >= 0.3 is 6.09 Å². The molecule has 2 atom stereocenters. The van der Waals surface area contributed by atoms with Crippen molar-refractivity contribution < 1.29 is 14.3 Å². The minimum Gasteiger partial charge on any atom is -0.444 e. The van der Waals surface area contributed by atoms with Crippen LogP contribution in [0, 0.1) is 11.8 Å². The molecule has 20 heavy (non-hydrogen) atoms. The maximum Gasteiger partial charge on any atom is 0.407 e. The zero-order valence-electron chi connectivity index (χ0n) is 13.2. The van der Waals surface area contributed by atoms with Crippen LogP contribution in [0.25, 0.3) is 0 Å². The van der Waals surface area contributed by atoms with E-state index in [1.165, 1.54) is 0 Å². The van der Waals surface area contributed by atoms with Crippen molar-refractivity contribution in [1.82, 2.24) is 10.2 Å². The Morgan fingerprint density at radius 3 is 2.85 bits per heavy atom. The Kier molecular flexibility index (Phi) is 6.31. The van der Waals surface area contributed by atoms with Gasteiger partial charge in [0.1, 0.15) is 5.60 Å². The van der Waals surface area contributed by atoms with Crippen molar-refractivity contribution in [3.8, 4) is 11.8 Å². The van der Waals surface area contributed by atoms with E-state index in [0.717, 1.165) is 19.6 Å². The Hall–Kier alpha value is -1.25. The number of nitrogens with one attached hydrogen (secondary N) is 1. The molecule has 0 radical (unpaired) electrons. The van der Waals surface area contributed by atoms with E-state index in [4.69, 9.17) is 9.47 Å². The first kappa shape index (κ1) is 16.8. The highest BCUT2D eigenvalue weighted by atomic mass is 16.6. The molecule has 1 heterocycles. The quantitative estimate of drug-likeness (QED) is 0.799. The minimum absolute atomic E-state index is 0.0325. The molecule has 0 aromatic rings. The number of carbonyl (C=O) groups is 1. The van der Waals surface area contributed by atoms with Crippen LogP contribution in [0.1, 0.15) is 34.6 Å². The van der Waals surface area contributed by atoms with Gasteiger partial charge in [-0.2, -0.15) is 0 Å². The highest BCUT2D eigenvalue weighted by Crippen LogP contribution is 2.11. The monoisotopic (exact) mass is 282 g/mol. The number of morpholine rings is 1. The van der Waals surface area contributed by atoms with E-state index in [2.05, 4.69) is 22.1 Å². The lowest BCUT2D eigenvalue weighted by atomic mass is 10.1. The first-order valence-corrected chi connectivity index (χ1v) is 7.05. The van der Waals surface area contributed by atoms with E-state index in [0.29, 0.717) is 6.61 Å². The molecule has 5 heteroatoms.